The normalized spacial score (nSPS) is 10.9. The van der Waals surface area contributed by atoms with Gasteiger partial charge in [-0.3, -0.25) is 4.79 Å². The van der Waals surface area contributed by atoms with Crippen molar-refractivity contribution >= 4 is 12.1 Å². The number of nitrogens with one attached hydrogen (secondary N) is 1. The molecule has 0 atom stereocenters. The highest BCUT2D eigenvalue weighted by atomic mass is 16.2. The molecule has 0 spiro atoms. The molecule has 0 fully saturated rings. The number of hydrogen-bond donors (Lipinski definition) is 1. The van der Waals surface area contributed by atoms with Crippen molar-refractivity contribution in [3.8, 4) is 0 Å². The van der Waals surface area contributed by atoms with Gasteiger partial charge in [-0.25, -0.2) is 5.43 Å². The minimum atomic E-state index is -0.206. The maximum atomic E-state index is 11.8. The van der Waals surface area contributed by atoms with E-state index in [1.54, 1.807) is 18.3 Å². The summed E-state index contributed by atoms with van der Waals surface area (Å²) in [7, 11) is 2.00. The summed E-state index contributed by atoms with van der Waals surface area (Å²) >= 11 is 0. The smallest absolute Gasteiger partial charge is 0.271 e. The Kier molecular flexibility index (Phi) is 3.80. The summed E-state index contributed by atoms with van der Waals surface area (Å²) in [6.45, 7) is 4.06. The Bertz CT molecular complexity index is 612. The lowest BCUT2D eigenvalue weighted by Crippen LogP contribution is -2.17. The standard InChI is InChI=1S/C15H17N3O/c1-11-9-14(12(2)18(11)3)10-16-17-15(19)13-7-5-4-6-8-13/h4-10H,1-3H3,(H,17,19)/b16-10-. The lowest BCUT2D eigenvalue weighted by atomic mass is 10.2. The van der Waals surface area contributed by atoms with Crippen molar-refractivity contribution in [3.63, 3.8) is 0 Å². The third kappa shape index (κ3) is 2.91. The van der Waals surface area contributed by atoms with E-state index in [0.717, 1.165) is 17.0 Å². The third-order valence-corrected chi connectivity index (χ3v) is 3.22. The number of carbonyl (C=O) groups is 1. The number of aromatic nitrogens is 1. The highest BCUT2D eigenvalue weighted by Crippen LogP contribution is 2.10. The summed E-state index contributed by atoms with van der Waals surface area (Å²) in [6, 6.07) is 11.1. The molecule has 4 heteroatoms. The summed E-state index contributed by atoms with van der Waals surface area (Å²) in [5.74, 6) is -0.206. The Balaban J connectivity index is 2.04. The molecular formula is C15H17N3O. The van der Waals surface area contributed by atoms with Crippen LogP contribution in [0.4, 0.5) is 0 Å². The van der Waals surface area contributed by atoms with Crippen LogP contribution in [0.2, 0.25) is 0 Å². The van der Waals surface area contributed by atoms with Crippen LogP contribution in [0.25, 0.3) is 0 Å². The second-order valence-corrected chi connectivity index (χ2v) is 4.45. The number of benzene rings is 1. The number of carbonyl (C=O) groups excluding carboxylic acids is 1. The minimum Gasteiger partial charge on any atom is -0.352 e. The van der Waals surface area contributed by atoms with Crippen molar-refractivity contribution < 1.29 is 4.79 Å². The van der Waals surface area contributed by atoms with Crippen LogP contribution in [0.3, 0.4) is 0 Å². The number of hydrazone groups is 1. The van der Waals surface area contributed by atoms with E-state index in [2.05, 4.69) is 15.1 Å². The van der Waals surface area contributed by atoms with E-state index in [1.807, 2.05) is 45.2 Å². The summed E-state index contributed by atoms with van der Waals surface area (Å²) in [5.41, 5.74) is 6.41. The zero-order valence-corrected chi connectivity index (χ0v) is 11.3. The first-order chi connectivity index (χ1) is 9.09. The second-order valence-electron chi connectivity index (χ2n) is 4.45. The van der Waals surface area contributed by atoms with Crippen molar-refractivity contribution in [1.29, 1.82) is 0 Å². The van der Waals surface area contributed by atoms with Crippen LogP contribution < -0.4 is 5.43 Å². The molecule has 0 unspecified atom stereocenters. The molecular weight excluding hydrogens is 238 g/mol. The Morgan fingerprint density at radius 1 is 1.26 bits per heavy atom. The first-order valence-electron chi connectivity index (χ1n) is 6.11. The van der Waals surface area contributed by atoms with Crippen molar-refractivity contribution in [2.24, 2.45) is 12.1 Å². The number of amides is 1. The van der Waals surface area contributed by atoms with E-state index in [0.29, 0.717) is 5.56 Å². The molecule has 0 aliphatic rings. The zero-order chi connectivity index (χ0) is 13.8. The molecule has 19 heavy (non-hydrogen) atoms. The van der Waals surface area contributed by atoms with Crippen LogP contribution in [-0.4, -0.2) is 16.7 Å². The van der Waals surface area contributed by atoms with Crippen LogP contribution in [0, 0.1) is 13.8 Å². The maximum absolute atomic E-state index is 11.8. The topological polar surface area (TPSA) is 46.4 Å². The number of nitrogens with zero attached hydrogens (tertiary/aromatic N) is 2. The number of rotatable bonds is 3. The summed E-state index contributed by atoms with van der Waals surface area (Å²) < 4.78 is 2.08. The Morgan fingerprint density at radius 2 is 1.95 bits per heavy atom. The Morgan fingerprint density at radius 3 is 2.53 bits per heavy atom. The quantitative estimate of drug-likeness (QED) is 0.664. The van der Waals surface area contributed by atoms with E-state index in [1.165, 1.54) is 0 Å². The van der Waals surface area contributed by atoms with E-state index >= 15 is 0 Å². The molecule has 0 saturated carbocycles. The van der Waals surface area contributed by atoms with Gasteiger partial charge < -0.3 is 4.57 Å². The molecule has 0 saturated heterocycles. The van der Waals surface area contributed by atoms with Gasteiger partial charge in [0.15, 0.2) is 0 Å². The monoisotopic (exact) mass is 255 g/mol. The lowest BCUT2D eigenvalue weighted by Gasteiger charge is -2.00. The van der Waals surface area contributed by atoms with Gasteiger partial charge in [-0.2, -0.15) is 5.10 Å². The van der Waals surface area contributed by atoms with Crippen LogP contribution in [0.5, 0.6) is 0 Å². The first-order valence-corrected chi connectivity index (χ1v) is 6.11. The number of aryl methyl sites for hydroxylation is 1. The average molecular weight is 255 g/mol. The van der Waals surface area contributed by atoms with E-state index in [4.69, 9.17) is 0 Å². The van der Waals surface area contributed by atoms with Gasteiger partial charge in [0.25, 0.3) is 5.91 Å². The van der Waals surface area contributed by atoms with Crippen molar-refractivity contribution in [3.05, 3.63) is 58.9 Å². The van der Waals surface area contributed by atoms with E-state index in [-0.39, 0.29) is 5.91 Å². The SMILES string of the molecule is Cc1cc(/C=N\NC(=O)c2ccccc2)c(C)n1C. The van der Waals surface area contributed by atoms with Gasteiger partial charge in [-0.15, -0.1) is 0 Å². The molecule has 0 bridgehead atoms. The number of hydrogen-bond acceptors (Lipinski definition) is 2. The predicted molar refractivity (Wildman–Crippen MR) is 76.4 cm³/mol. The van der Waals surface area contributed by atoms with Gasteiger partial charge in [-0.05, 0) is 32.0 Å². The summed E-state index contributed by atoms with van der Waals surface area (Å²) in [4.78, 5) is 11.8. The highest BCUT2D eigenvalue weighted by Gasteiger charge is 2.04. The molecule has 98 valence electrons. The second kappa shape index (κ2) is 5.52. The largest absolute Gasteiger partial charge is 0.352 e. The van der Waals surface area contributed by atoms with Crippen LogP contribution >= 0.6 is 0 Å². The van der Waals surface area contributed by atoms with Crippen LogP contribution in [0.1, 0.15) is 27.3 Å². The Labute approximate surface area is 112 Å². The molecule has 1 N–H and O–H groups in total. The molecule has 4 nitrogen and oxygen atoms in total. The summed E-state index contributed by atoms with van der Waals surface area (Å²) in [5, 5.41) is 4.00. The van der Waals surface area contributed by atoms with Gasteiger partial charge in [0.1, 0.15) is 0 Å². The lowest BCUT2D eigenvalue weighted by molar-refractivity contribution is 0.0955. The van der Waals surface area contributed by atoms with Crippen LogP contribution in [-0.2, 0) is 7.05 Å². The molecule has 0 aliphatic carbocycles. The fourth-order valence-electron chi connectivity index (χ4n) is 1.83. The highest BCUT2D eigenvalue weighted by molar-refractivity contribution is 5.94. The van der Waals surface area contributed by atoms with Crippen molar-refractivity contribution in [2.45, 2.75) is 13.8 Å². The summed E-state index contributed by atoms with van der Waals surface area (Å²) in [6.07, 6.45) is 1.67. The van der Waals surface area contributed by atoms with Gasteiger partial charge in [0.2, 0.25) is 0 Å². The van der Waals surface area contributed by atoms with Gasteiger partial charge >= 0.3 is 0 Å². The molecule has 1 heterocycles. The third-order valence-electron chi connectivity index (χ3n) is 3.22. The van der Waals surface area contributed by atoms with Gasteiger partial charge in [-0.1, -0.05) is 18.2 Å². The van der Waals surface area contributed by atoms with Gasteiger partial charge in [0.05, 0.1) is 6.21 Å². The fraction of sp³-hybridized carbons (Fsp3) is 0.200. The molecule has 0 radical (unpaired) electrons. The molecule has 2 rings (SSSR count). The molecule has 1 amide bonds. The zero-order valence-electron chi connectivity index (χ0n) is 11.3. The van der Waals surface area contributed by atoms with Gasteiger partial charge in [0, 0.05) is 29.6 Å². The maximum Gasteiger partial charge on any atom is 0.271 e. The molecule has 1 aromatic heterocycles. The van der Waals surface area contributed by atoms with E-state index < -0.39 is 0 Å². The molecule has 2 aromatic rings. The van der Waals surface area contributed by atoms with Crippen molar-refractivity contribution in [1.82, 2.24) is 9.99 Å². The average Bonchev–Trinajstić information content (AvgIpc) is 2.67. The minimum absolute atomic E-state index is 0.206. The van der Waals surface area contributed by atoms with Crippen molar-refractivity contribution in [2.75, 3.05) is 0 Å². The Hall–Kier alpha value is -2.36. The van der Waals surface area contributed by atoms with Crippen LogP contribution in [0.15, 0.2) is 41.5 Å². The molecule has 1 aromatic carbocycles. The predicted octanol–water partition coefficient (Wildman–Crippen LogP) is 2.41. The first kappa shape index (κ1) is 13.1. The fourth-order valence-corrected chi connectivity index (χ4v) is 1.83. The molecule has 0 aliphatic heterocycles. The van der Waals surface area contributed by atoms with E-state index in [9.17, 15) is 4.79 Å².